The van der Waals surface area contributed by atoms with Crippen LogP contribution in [0.15, 0.2) is 11.5 Å². The van der Waals surface area contributed by atoms with Gasteiger partial charge in [-0.05, 0) is 13.3 Å². The van der Waals surface area contributed by atoms with Gasteiger partial charge in [-0.1, -0.05) is 18.7 Å². The van der Waals surface area contributed by atoms with Crippen molar-refractivity contribution in [2.45, 2.75) is 32.0 Å². The number of rotatable bonds is 6. The Hall–Kier alpha value is -1.57. The third kappa shape index (κ3) is 4.74. The topological polar surface area (TPSA) is 88.9 Å². The van der Waals surface area contributed by atoms with E-state index in [0.29, 0.717) is 11.7 Å². The molecule has 0 aliphatic rings. The van der Waals surface area contributed by atoms with Crippen LogP contribution in [0, 0.1) is 0 Å². The number of imide groups is 1. The van der Waals surface area contributed by atoms with Crippen molar-refractivity contribution in [2.24, 2.45) is 0 Å². The average molecular weight is 271 g/mol. The van der Waals surface area contributed by atoms with Gasteiger partial charge < -0.3 is 9.88 Å². The second-order valence-corrected chi connectivity index (χ2v) is 4.43. The molecule has 0 saturated carbocycles. The van der Waals surface area contributed by atoms with Crippen molar-refractivity contribution in [2.75, 3.05) is 12.3 Å². The molecule has 0 aromatic carbocycles. The summed E-state index contributed by atoms with van der Waals surface area (Å²) in [5, 5.41) is 13.1. The number of nitrogens with zero attached hydrogens (tertiary/aromatic N) is 3. The molecule has 1 aromatic heterocycles. The monoisotopic (exact) mass is 271 g/mol. The van der Waals surface area contributed by atoms with Crippen LogP contribution in [-0.4, -0.2) is 39.0 Å². The molecule has 0 saturated heterocycles. The van der Waals surface area contributed by atoms with Crippen LogP contribution >= 0.6 is 11.8 Å². The van der Waals surface area contributed by atoms with Crippen molar-refractivity contribution >= 4 is 23.7 Å². The van der Waals surface area contributed by atoms with E-state index in [1.54, 1.807) is 6.33 Å². The van der Waals surface area contributed by atoms with Gasteiger partial charge >= 0.3 is 6.03 Å². The minimum absolute atomic E-state index is 0.137. The van der Waals surface area contributed by atoms with Crippen LogP contribution in [0.1, 0.15) is 20.3 Å². The maximum absolute atomic E-state index is 11.5. The van der Waals surface area contributed by atoms with Gasteiger partial charge in [-0.3, -0.25) is 10.1 Å². The lowest BCUT2D eigenvalue weighted by molar-refractivity contribution is -0.117. The molecule has 1 heterocycles. The first-order valence-corrected chi connectivity index (χ1v) is 6.74. The number of amides is 3. The quantitative estimate of drug-likeness (QED) is 0.741. The Morgan fingerprint density at radius 1 is 1.44 bits per heavy atom. The normalized spacial score (nSPS) is 10.1. The van der Waals surface area contributed by atoms with Crippen molar-refractivity contribution in [1.29, 1.82) is 0 Å². The highest BCUT2D eigenvalue weighted by molar-refractivity contribution is 7.99. The summed E-state index contributed by atoms with van der Waals surface area (Å²) >= 11 is 1.25. The first kappa shape index (κ1) is 14.5. The number of aromatic nitrogens is 3. The second kappa shape index (κ2) is 7.70. The molecule has 0 unspecified atom stereocenters. The maximum atomic E-state index is 11.5. The highest BCUT2D eigenvalue weighted by Crippen LogP contribution is 2.13. The smallest absolute Gasteiger partial charge is 0.321 e. The van der Waals surface area contributed by atoms with Gasteiger partial charge in [-0.2, -0.15) is 0 Å². The number of carbonyl (C=O) groups excluding carboxylic acids is 2. The van der Waals surface area contributed by atoms with Gasteiger partial charge in [0.05, 0.1) is 5.75 Å². The van der Waals surface area contributed by atoms with E-state index >= 15 is 0 Å². The van der Waals surface area contributed by atoms with E-state index in [4.69, 9.17) is 0 Å². The Labute approximate surface area is 110 Å². The van der Waals surface area contributed by atoms with Gasteiger partial charge in [0.25, 0.3) is 0 Å². The summed E-state index contributed by atoms with van der Waals surface area (Å²) in [6.07, 6.45) is 2.43. The SMILES string of the molecule is CCCNC(=O)NC(=O)CSc1nncn1CC. The number of urea groups is 1. The molecule has 0 aliphatic heterocycles. The Bertz CT molecular complexity index is 407. The molecule has 0 spiro atoms. The highest BCUT2D eigenvalue weighted by atomic mass is 32.2. The van der Waals surface area contributed by atoms with Crippen molar-refractivity contribution in [3.63, 3.8) is 0 Å². The fraction of sp³-hybridized carbons (Fsp3) is 0.600. The Morgan fingerprint density at radius 2 is 2.22 bits per heavy atom. The zero-order chi connectivity index (χ0) is 13.4. The third-order valence-corrected chi connectivity index (χ3v) is 3.02. The maximum Gasteiger partial charge on any atom is 0.321 e. The Balaban J connectivity index is 2.31. The van der Waals surface area contributed by atoms with Crippen LogP contribution in [0.25, 0.3) is 0 Å². The fourth-order valence-corrected chi connectivity index (χ4v) is 1.93. The second-order valence-electron chi connectivity index (χ2n) is 3.49. The predicted molar refractivity (Wildman–Crippen MR) is 68.3 cm³/mol. The number of hydrogen-bond donors (Lipinski definition) is 2. The predicted octanol–water partition coefficient (Wildman–Crippen LogP) is 0.626. The lowest BCUT2D eigenvalue weighted by Gasteiger charge is -2.05. The summed E-state index contributed by atoms with van der Waals surface area (Å²) in [5.74, 6) is -0.211. The van der Waals surface area contributed by atoms with Gasteiger partial charge in [0.15, 0.2) is 5.16 Å². The number of carbonyl (C=O) groups is 2. The summed E-state index contributed by atoms with van der Waals surface area (Å²) in [5.41, 5.74) is 0. The van der Waals surface area contributed by atoms with E-state index in [9.17, 15) is 9.59 Å². The van der Waals surface area contributed by atoms with Crippen molar-refractivity contribution < 1.29 is 9.59 Å². The minimum Gasteiger partial charge on any atom is -0.338 e. The molecular weight excluding hydrogens is 254 g/mol. The summed E-state index contributed by atoms with van der Waals surface area (Å²) in [7, 11) is 0. The molecule has 0 fully saturated rings. The van der Waals surface area contributed by atoms with E-state index in [0.717, 1.165) is 13.0 Å². The molecular formula is C10H17N5O2S. The molecule has 7 nitrogen and oxygen atoms in total. The molecule has 1 rings (SSSR count). The molecule has 0 radical (unpaired) electrons. The molecule has 8 heteroatoms. The first-order chi connectivity index (χ1) is 8.67. The van der Waals surface area contributed by atoms with Gasteiger partial charge in [0.2, 0.25) is 5.91 Å². The van der Waals surface area contributed by atoms with Crippen LogP contribution in [0.4, 0.5) is 4.79 Å². The molecule has 18 heavy (non-hydrogen) atoms. The number of thioether (sulfide) groups is 1. The summed E-state index contributed by atoms with van der Waals surface area (Å²) in [6.45, 7) is 5.20. The summed E-state index contributed by atoms with van der Waals surface area (Å²) in [6, 6.07) is -0.459. The van der Waals surface area contributed by atoms with Crippen molar-refractivity contribution in [1.82, 2.24) is 25.4 Å². The van der Waals surface area contributed by atoms with Crippen LogP contribution in [0.5, 0.6) is 0 Å². The number of hydrogen-bond acceptors (Lipinski definition) is 5. The molecule has 2 N–H and O–H groups in total. The van der Waals surface area contributed by atoms with Gasteiger partial charge in [0, 0.05) is 13.1 Å². The number of aryl methyl sites for hydroxylation is 1. The minimum atomic E-state index is -0.459. The first-order valence-electron chi connectivity index (χ1n) is 5.75. The van der Waals surface area contributed by atoms with Crippen LogP contribution < -0.4 is 10.6 Å². The van der Waals surface area contributed by atoms with Crippen LogP contribution in [0.3, 0.4) is 0 Å². The van der Waals surface area contributed by atoms with E-state index in [1.165, 1.54) is 11.8 Å². The zero-order valence-corrected chi connectivity index (χ0v) is 11.3. The van der Waals surface area contributed by atoms with Gasteiger partial charge in [-0.15, -0.1) is 10.2 Å². The molecule has 0 aliphatic carbocycles. The van der Waals surface area contributed by atoms with Crippen molar-refractivity contribution in [3.05, 3.63) is 6.33 Å². The van der Waals surface area contributed by atoms with E-state index < -0.39 is 6.03 Å². The van der Waals surface area contributed by atoms with Gasteiger partial charge in [0.1, 0.15) is 6.33 Å². The van der Waals surface area contributed by atoms with E-state index in [1.807, 2.05) is 18.4 Å². The lowest BCUT2D eigenvalue weighted by atomic mass is 10.5. The molecule has 0 atom stereocenters. The average Bonchev–Trinajstić information content (AvgIpc) is 2.81. The standard InChI is InChI=1S/C10H17N5O2S/c1-3-5-11-9(17)13-8(16)6-18-10-14-12-7-15(10)4-2/h7H,3-6H2,1-2H3,(H2,11,13,16,17). The molecule has 1 aromatic rings. The van der Waals surface area contributed by atoms with Crippen LogP contribution in [0.2, 0.25) is 0 Å². The Kier molecular flexibility index (Phi) is 6.20. The summed E-state index contributed by atoms with van der Waals surface area (Å²) in [4.78, 5) is 22.7. The molecule has 3 amide bonds. The van der Waals surface area contributed by atoms with Gasteiger partial charge in [-0.25, -0.2) is 4.79 Å². The molecule has 0 bridgehead atoms. The third-order valence-electron chi connectivity index (χ3n) is 2.04. The highest BCUT2D eigenvalue weighted by Gasteiger charge is 2.10. The zero-order valence-electron chi connectivity index (χ0n) is 10.5. The van der Waals surface area contributed by atoms with E-state index in [-0.39, 0.29) is 11.7 Å². The van der Waals surface area contributed by atoms with Crippen molar-refractivity contribution in [3.8, 4) is 0 Å². The lowest BCUT2D eigenvalue weighted by Crippen LogP contribution is -2.40. The fourth-order valence-electron chi connectivity index (χ4n) is 1.15. The largest absolute Gasteiger partial charge is 0.338 e. The molecule has 100 valence electrons. The Morgan fingerprint density at radius 3 is 2.89 bits per heavy atom. The van der Waals surface area contributed by atoms with Crippen LogP contribution in [-0.2, 0) is 11.3 Å². The van der Waals surface area contributed by atoms with E-state index in [2.05, 4.69) is 20.8 Å². The summed E-state index contributed by atoms with van der Waals surface area (Å²) < 4.78 is 1.83. The number of nitrogens with one attached hydrogen (secondary N) is 2.